The molecule has 1 saturated heterocycles. The minimum Gasteiger partial charge on any atom is -0.493 e. The Kier molecular flexibility index (Phi) is 6.61. The number of amides is 2. The fourth-order valence-corrected chi connectivity index (χ4v) is 4.59. The maximum Gasteiger partial charge on any atom is 0.289 e. The fraction of sp³-hybridized carbons (Fsp3) is 0.300. The molecule has 28 heavy (non-hydrogen) atoms. The van der Waals surface area contributed by atoms with Gasteiger partial charge in [0.1, 0.15) is 12.4 Å². The van der Waals surface area contributed by atoms with Gasteiger partial charge in [0, 0.05) is 6.54 Å². The summed E-state index contributed by atoms with van der Waals surface area (Å²) in [7, 11) is 1.54. The van der Waals surface area contributed by atoms with Crippen molar-refractivity contribution in [1.29, 1.82) is 0 Å². The average Bonchev–Trinajstić information content (AvgIpc) is 2.94. The summed E-state index contributed by atoms with van der Waals surface area (Å²) >= 11 is 4.54. The van der Waals surface area contributed by atoms with E-state index in [1.165, 1.54) is 24.1 Å². The lowest BCUT2D eigenvalue weighted by Gasteiger charge is -2.16. The molecular weight excluding hydrogens is 449 g/mol. The lowest BCUT2D eigenvalue weighted by molar-refractivity contribution is -0.126. The van der Waals surface area contributed by atoms with Crippen molar-refractivity contribution in [2.24, 2.45) is 0 Å². The van der Waals surface area contributed by atoms with Crippen LogP contribution >= 0.6 is 27.7 Å². The van der Waals surface area contributed by atoms with Gasteiger partial charge < -0.3 is 9.47 Å². The number of halogens is 2. The third-order valence-electron chi connectivity index (χ3n) is 4.33. The van der Waals surface area contributed by atoms with Crippen LogP contribution in [0.15, 0.2) is 40.9 Å². The molecule has 3 rings (SSSR count). The minimum atomic E-state index is -0.435. The summed E-state index contributed by atoms with van der Waals surface area (Å²) in [5.41, 5.74) is 1.68. The molecule has 0 bridgehead atoms. The van der Waals surface area contributed by atoms with Crippen molar-refractivity contribution in [2.75, 3.05) is 13.7 Å². The zero-order chi connectivity index (χ0) is 20.3. The van der Waals surface area contributed by atoms with Gasteiger partial charge in [-0.15, -0.1) is 0 Å². The standard InChI is InChI=1S/C20H19BrFNO4S/c1-3-23-19(24)17(28-20(23)25)10-13-8-15(21)18(16(9-13)26-2)27-11-12-4-6-14(22)7-5-12/h4-9,17H,3,10-11H2,1-2H3/t17-/m0/s1. The van der Waals surface area contributed by atoms with E-state index >= 15 is 0 Å². The van der Waals surface area contributed by atoms with Crippen LogP contribution < -0.4 is 9.47 Å². The second-order valence-corrected chi connectivity index (χ2v) is 8.19. The summed E-state index contributed by atoms with van der Waals surface area (Å²) in [5, 5.41) is -0.641. The SMILES string of the molecule is CCN1C(=O)S[C@@H](Cc2cc(Br)c(OCc3ccc(F)cc3)c(OC)c2)C1=O. The van der Waals surface area contributed by atoms with Crippen molar-refractivity contribution < 1.29 is 23.5 Å². The molecule has 0 N–H and O–H groups in total. The highest BCUT2D eigenvalue weighted by molar-refractivity contribution is 9.10. The first-order chi connectivity index (χ1) is 13.4. The number of hydrogen-bond donors (Lipinski definition) is 0. The Morgan fingerprint density at radius 2 is 1.89 bits per heavy atom. The van der Waals surface area contributed by atoms with Gasteiger partial charge in [-0.2, -0.15) is 0 Å². The van der Waals surface area contributed by atoms with Crippen molar-refractivity contribution >= 4 is 38.8 Å². The molecule has 148 valence electrons. The molecular formula is C20H19BrFNO4S. The molecule has 0 radical (unpaired) electrons. The Morgan fingerprint density at radius 3 is 2.50 bits per heavy atom. The number of imide groups is 1. The predicted octanol–water partition coefficient (Wildman–Crippen LogP) is 4.80. The van der Waals surface area contributed by atoms with E-state index in [0.717, 1.165) is 22.9 Å². The number of thioether (sulfide) groups is 1. The molecule has 2 aromatic carbocycles. The Balaban J connectivity index is 1.75. The monoisotopic (exact) mass is 467 g/mol. The third kappa shape index (κ3) is 4.50. The lowest BCUT2D eigenvalue weighted by Crippen LogP contribution is -2.31. The van der Waals surface area contributed by atoms with E-state index in [0.29, 0.717) is 28.9 Å². The fourth-order valence-electron chi connectivity index (χ4n) is 2.89. The summed E-state index contributed by atoms with van der Waals surface area (Å²) in [6.07, 6.45) is 0.416. The number of carbonyl (C=O) groups is 2. The quantitative estimate of drug-likeness (QED) is 0.585. The number of nitrogens with zero attached hydrogens (tertiary/aromatic N) is 1. The van der Waals surface area contributed by atoms with Crippen molar-refractivity contribution in [3.8, 4) is 11.5 Å². The van der Waals surface area contributed by atoms with Gasteiger partial charge >= 0.3 is 0 Å². The van der Waals surface area contributed by atoms with Crippen molar-refractivity contribution in [3.05, 3.63) is 57.8 Å². The Labute approximate surface area is 175 Å². The number of ether oxygens (including phenoxy) is 2. The van der Waals surface area contributed by atoms with Gasteiger partial charge in [-0.25, -0.2) is 4.39 Å². The minimum absolute atomic E-state index is 0.163. The largest absolute Gasteiger partial charge is 0.493 e. The molecule has 1 aliphatic heterocycles. The van der Waals surface area contributed by atoms with Gasteiger partial charge in [-0.3, -0.25) is 14.5 Å². The summed E-state index contributed by atoms with van der Waals surface area (Å²) in [6, 6.07) is 9.73. The summed E-state index contributed by atoms with van der Waals surface area (Å²) < 4.78 is 25.0. The van der Waals surface area contributed by atoms with E-state index in [2.05, 4.69) is 15.9 Å². The number of benzene rings is 2. The van der Waals surface area contributed by atoms with Crippen LogP contribution in [0, 0.1) is 5.82 Å². The Morgan fingerprint density at radius 1 is 1.18 bits per heavy atom. The summed E-state index contributed by atoms with van der Waals surface area (Å²) in [4.78, 5) is 25.5. The van der Waals surface area contributed by atoms with E-state index in [9.17, 15) is 14.0 Å². The van der Waals surface area contributed by atoms with Crippen LogP contribution in [0.2, 0.25) is 0 Å². The molecule has 1 aliphatic rings. The van der Waals surface area contributed by atoms with E-state index in [1.54, 1.807) is 25.1 Å². The highest BCUT2D eigenvalue weighted by atomic mass is 79.9. The van der Waals surface area contributed by atoms with Gasteiger partial charge in [-0.05, 0) is 64.7 Å². The van der Waals surface area contributed by atoms with E-state index in [4.69, 9.17) is 9.47 Å². The first-order valence-corrected chi connectivity index (χ1v) is 10.4. The van der Waals surface area contributed by atoms with Crippen LogP contribution in [0.25, 0.3) is 0 Å². The molecule has 2 amide bonds. The normalized spacial score (nSPS) is 16.6. The zero-order valence-electron chi connectivity index (χ0n) is 15.4. The third-order valence-corrected chi connectivity index (χ3v) is 5.99. The molecule has 8 heteroatoms. The molecule has 2 aromatic rings. The van der Waals surface area contributed by atoms with Gasteiger partial charge in [-0.1, -0.05) is 23.9 Å². The topological polar surface area (TPSA) is 55.8 Å². The molecule has 0 aliphatic carbocycles. The van der Waals surface area contributed by atoms with Gasteiger partial charge in [0.2, 0.25) is 5.91 Å². The number of hydrogen-bond acceptors (Lipinski definition) is 5. The smallest absolute Gasteiger partial charge is 0.289 e. The molecule has 1 heterocycles. The van der Waals surface area contributed by atoms with Crippen LogP contribution in [-0.4, -0.2) is 35.0 Å². The number of carbonyl (C=O) groups excluding carboxylic acids is 2. The average molecular weight is 468 g/mol. The van der Waals surface area contributed by atoms with Crippen molar-refractivity contribution in [1.82, 2.24) is 4.90 Å². The van der Waals surface area contributed by atoms with Crippen LogP contribution in [0.1, 0.15) is 18.1 Å². The maximum atomic E-state index is 13.0. The molecule has 0 unspecified atom stereocenters. The second-order valence-electron chi connectivity index (χ2n) is 6.18. The summed E-state index contributed by atoms with van der Waals surface area (Å²) in [6.45, 7) is 2.42. The molecule has 0 spiro atoms. The Hall–Kier alpha value is -2.06. The van der Waals surface area contributed by atoms with Crippen molar-refractivity contribution in [2.45, 2.75) is 25.2 Å². The second kappa shape index (κ2) is 8.96. The lowest BCUT2D eigenvalue weighted by atomic mass is 10.1. The molecule has 0 aromatic heterocycles. The number of methoxy groups -OCH3 is 1. The van der Waals surface area contributed by atoms with Gasteiger partial charge in [0.15, 0.2) is 11.5 Å². The first-order valence-electron chi connectivity index (χ1n) is 8.68. The predicted molar refractivity (Wildman–Crippen MR) is 109 cm³/mol. The van der Waals surface area contributed by atoms with Crippen molar-refractivity contribution in [3.63, 3.8) is 0 Å². The van der Waals surface area contributed by atoms with E-state index in [1.807, 2.05) is 6.07 Å². The van der Waals surface area contributed by atoms with Crippen LogP contribution in [-0.2, 0) is 17.8 Å². The molecule has 1 fully saturated rings. The molecule has 5 nitrogen and oxygen atoms in total. The number of rotatable bonds is 7. The van der Waals surface area contributed by atoms with Gasteiger partial charge in [0.25, 0.3) is 5.24 Å². The van der Waals surface area contributed by atoms with Crippen LogP contribution in [0.4, 0.5) is 9.18 Å². The van der Waals surface area contributed by atoms with E-state index in [-0.39, 0.29) is 23.6 Å². The van der Waals surface area contributed by atoms with Gasteiger partial charge in [0.05, 0.1) is 16.8 Å². The highest BCUT2D eigenvalue weighted by Crippen LogP contribution is 2.39. The van der Waals surface area contributed by atoms with E-state index < -0.39 is 5.25 Å². The Bertz CT molecular complexity index is 891. The van der Waals surface area contributed by atoms with Crippen LogP contribution in [0.3, 0.4) is 0 Å². The highest BCUT2D eigenvalue weighted by Gasteiger charge is 2.38. The zero-order valence-corrected chi connectivity index (χ0v) is 17.8. The maximum absolute atomic E-state index is 13.0. The molecule has 0 saturated carbocycles. The first kappa shape index (κ1) is 20.7. The van der Waals surface area contributed by atoms with Crippen LogP contribution in [0.5, 0.6) is 11.5 Å². The molecule has 1 atom stereocenters. The summed E-state index contributed by atoms with van der Waals surface area (Å²) in [5.74, 6) is 0.573.